The molecule has 1 saturated heterocycles. The largest absolute Gasteiger partial charge is 0.491 e. The number of carbonyl (C=O) groups is 1. The molecule has 1 atom stereocenters. The zero-order chi connectivity index (χ0) is 25.1. The number of amides is 1. The van der Waals surface area contributed by atoms with Crippen molar-refractivity contribution < 1.29 is 14.3 Å². The van der Waals surface area contributed by atoms with Crippen LogP contribution in [0.25, 0.3) is 16.0 Å². The molecule has 36 heavy (non-hydrogen) atoms. The van der Waals surface area contributed by atoms with Gasteiger partial charge in [0, 0.05) is 44.4 Å². The van der Waals surface area contributed by atoms with Crippen molar-refractivity contribution in [1.29, 1.82) is 0 Å². The highest BCUT2D eigenvalue weighted by molar-refractivity contribution is 7.16. The molecule has 8 nitrogen and oxygen atoms in total. The van der Waals surface area contributed by atoms with Crippen LogP contribution < -0.4 is 20.5 Å². The fraction of sp³-hybridized carbons (Fsp3) is 0.308. The number of rotatable bonds is 9. The van der Waals surface area contributed by atoms with Gasteiger partial charge in [-0.2, -0.15) is 0 Å². The van der Waals surface area contributed by atoms with Crippen molar-refractivity contribution in [3.05, 3.63) is 70.3 Å². The second-order valence-corrected chi connectivity index (χ2v) is 10.0. The molecule has 1 amide bonds. The summed E-state index contributed by atoms with van der Waals surface area (Å²) < 4.78 is 14.2. The highest BCUT2D eigenvalue weighted by Crippen LogP contribution is 2.38. The molecule has 2 aromatic heterocycles. The zero-order valence-corrected chi connectivity index (χ0v) is 21.5. The predicted octanol–water partition coefficient (Wildman–Crippen LogP) is 4.26. The Bertz CT molecular complexity index is 1360. The van der Waals surface area contributed by atoms with Crippen molar-refractivity contribution in [2.45, 2.75) is 13.0 Å². The molecule has 1 aliphatic heterocycles. The number of carbonyl (C=O) groups excluding carboxylic acids is 1. The lowest BCUT2D eigenvalue weighted by Gasteiger charge is -2.27. The number of nitrogens with zero attached hydrogens (tertiary/aromatic N) is 3. The van der Waals surface area contributed by atoms with E-state index in [1.807, 2.05) is 60.0 Å². The lowest BCUT2D eigenvalue weighted by atomic mass is 10.1. The SMILES string of the molecule is C[C@@H](Oc1cc(-n2cnc3ccccc32)sc1C(N)=O)c1cccc(OCCN2CCNCC2)c1Cl. The fourth-order valence-corrected chi connectivity index (χ4v) is 5.56. The second-order valence-electron chi connectivity index (χ2n) is 8.61. The number of thiophene rings is 1. The first-order valence-corrected chi connectivity index (χ1v) is 13.1. The first-order chi connectivity index (χ1) is 17.5. The third kappa shape index (κ3) is 5.19. The van der Waals surface area contributed by atoms with Crippen molar-refractivity contribution in [2.75, 3.05) is 39.3 Å². The van der Waals surface area contributed by atoms with Crippen molar-refractivity contribution in [3.63, 3.8) is 0 Å². The number of nitrogens with one attached hydrogen (secondary N) is 1. The van der Waals surface area contributed by atoms with Crippen LogP contribution in [0.2, 0.25) is 5.02 Å². The summed E-state index contributed by atoms with van der Waals surface area (Å²) in [5.74, 6) is 0.480. The number of nitrogens with two attached hydrogens (primary N) is 1. The Balaban J connectivity index is 1.33. The first kappa shape index (κ1) is 24.6. The number of aromatic nitrogens is 2. The van der Waals surface area contributed by atoms with E-state index in [1.54, 1.807) is 6.33 Å². The minimum Gasteiger partial charge on any atom is -0.491 e. The fourth-order valence-electron chi connectivity index (χ4n) is 4.30. The van der Waals surface area contributed by atoms with E-state index in [-0.39, 0.29) is 0 Å². The van der Waals surface area contributed by atoms with Gasteiger partial charge in [-0.05, 0) is 25.1 Å². The normalized spacial score (nSPS) is 15.2. The van der Waals surface area contributed by atoms with E-state index in [1.165, 1.54) is 11.3 Å². The second kappa shape index (κ2) is 10.9. The molecule has 0 spiro atoms. The van der Waals surface area contributed by atoms with Gasteiger partial charge in [0.15, 0.2) is 0 Å². The molecule has 188 valence electrons. The summed E-state index contributed by atoms with van der Waals surface area (Å²) in [5.41, 5.74) is 8.26. The number of hydrogen-bond donors (Lipinski definition) is 2. The molecule has 0 saturated carbocycles. The van der Waals surface area contributed by atoms with Gasteiger partial charge in [0.2, 0.25) is 0 Å². The number of halogens is 1. The van der Waals surface area contributed by atoms with Gasteiger partial charge >= 0.3 is 0 Å². The van der Waals surface area contributed by atoms with Gasteiger partial charge in [0.05, 0.1) is 16.1 Å². The minimum absolute atomic E-state index is 0.342. The van der Waals surface area contributed by atoms with E-state index in [0.29, 0.717) is 28.0 Å². The molecule has 2 aromatic carbocycles. The van der Waals surface area contributed by atoms with Gasteiger partial charge in [0.25, 0.3) is 5.91 Å². The summed E-state index contributed by atoms with van der Waals surface area (Å²) in [5, 5.41) is 4.64. The van der Waals surface area contributed by atoms with Crippen molar-refractivity contribution in [2.24, 2.45) is 5.73 Å². The van der Waals surface area contributed by atoms with Gasteiger partial charge in [-0.1, -0.05) is 35.9 Å². The summed E-state index contributed by atoms with van der Waals surface area (Å²) in [7, 11) is 0. The Morgan fingerprint density at radius 3 is 2.81 bits per heavy atom. The lowest BCUT2D eigenvalue weighted by molar-refractivity contribution is 0.0998. The smallest absolute Gasteiger partial charge is 0.262 e. The number of primary amides is 1. The van der Waals surface area contributed by atoms with Crippen LogP contribution in [-0.2, 0) is 0 Å². The Hall–Kier alpha value is -3.11. The summed E-state index contributed by atoms with van der Waals surface area (Å²) in [4.78, 5) is 19.4. The molecule has 4 aromatic rings. The number of benzene rings is 2. The van der Waals surface area contributed by atoms with Crippen LogP contribution in [0.1, 0.15) is 28.3 Å². The lowest BCUT2D eigenvalue weighted by Crippen LogP contribution is -2.44. The number of ether oxygens (including phenoxy) is 2. The average molecular weight is 526 g/mol. The highest BCUT2D eigenvalue weighted by atomic mass is 35.5. The molecule has 10 heteroatoms. The van der Waals surface area contributed by atoms with Crippen LogP contribution >= 0.6 is 22.9 Å². The molecular formula is C26H28ClN5O3S. The Kier molecular flexibility index (Phi) is 7.43. The quantitative estimate of drug-likeness (QED) is 0.339. The van der Waals surface area contributed by atoms with Crippen LogP contribution in [-0.4, -0.2) is 59.7 Å². The Morgan fingerprint density at radius 2 is 2.00 bits per heavy atom. The molecule has 1 aliphatic rings. The van der Waals surface area contributed by atoms with Crippen molar-refractivity contribution in [1.82, 2.24) is 19.8 Å². The number of para-hydroxylation sites is 2. The first-order valence-electron chi connectivity index (χ1n) is 11.9. The number of hydrogen-bond acceptors (Lipinski definition) is 7. The molecule has 3 heterocycles. The maximum Gasteiger partial charge on any atom is 0.262 e. The number of fused-ring (bicyclic) bond motifs is 1. The monoisotopic (exact) mass is 525 g/mol. The van der Waals surface area contributed by atoms with E-state index in [2.05, 4.69) is 15.2 Å². The topological polar surface area (TPSA) is 94.6 Å². The molecular weight excluding hydrogens is 498 g/mol. The van der Waals surface area contributed by atoms with Gasteiger partial charge in [-0.3, -0.25) is 14.3 Å². The number of imidazole rings is 1. The molecule has 0 bridgehead atoms. The summed E-state index contributed by atoms with van der Waals surface area (Å²) >= 11 is 7.98. The van der Waals surface area contributed by atoms with Crippen LogP contribution in [0, 0.1) is 0 Å². The third-order valence-corrected chi connectivity index (χ3v) is 7.74. The van der Waals surface area contributed by atoms with Crippen LogP contribution in [0.4, 0.5) is 0 Å². The van der Waals surface area contributed by atoms with E-state index in [0.717, 1.165) is 54.3 Å². The summed E-state index contributed by atoms with van der Waals surface area (Å²) in [6, 6.07) is 15.3. The Morgan fingerprint density at radius 1 is 1.19 bits per heavy atom. The Labute approximate surface area is 218 Å². The van der Waals surface area contributed by atoms with E-state index in [9.17, 15) is 4.79 Å². The zero-order valence-electron chi connectivity index (χ0n) is 19.9. The van der Waals surface area contributed by atoms with Crippen LogP contribution in [0.15, 0.2) is 54.9 Å². The van der Waals surface area contributed by atoms with Crippen LogP contribution in [0.5, 0.6) is 11.5 Å². The molecule has 1 fully saturated rings. The maximum atomic E-state index is 12.2. The summed E-state index contributed by atoms with van der Waals surface area (Å²) in [6.07, 6.45) is 1.29. The number of piperazine rings is 1. The van der Waals surface area contributed by atoms with E-state index in [4.69, 9.17) is 26.8 Å². The van der Waals surface area contributed by atoms with Crippen molar-refractivity contribution in [3.8, 4) is 16.5 Å². The van der Waals surface area contributed by atoms with Gasteiger partial charge < -0.3 is 20.5 Å². The van der Waals surface area contributed by atoms with Gasteiger partial charge in [-0.15, -0.1) is 11.3 Å². The van der Waals surface area contributed by atoms with Crippen molar-refractivity contribution >= 4 is 39.9 Å². The molecule has 5 rings (SSSR count). The third-order valence-electron chi connectivity index (χ3n) is 6.21. The maximum absolute atomic E-state index is 12.2. The molecule has 3 N–H and O–H groups in total. The highest BCUT2D eigenvalue weighted by Gasteiger charge is 2.22. The van der Waals surface area contributed by atoms with Gasteiger partial charge in [0.1, 0.15) is 40.4 Å². The standard InChI is InChI=1S/C26H28ClN5O3S/c1-17(18-5-4-8-21(24(18)27)34-14-13-31-11-9-29-10-12-31)35-22-15-23(36-25(22)26(28)33)32-16-30-19-6-2-3-7-20(19)32/h2-8,15-17,29H,9-14H2,1H3,(H2,28,33)/t17-/m1/s1. The van der Waals surface area contributed by atoms with E-state index < -0.39 is 12.0 Å². The average Bonchev–Trinajstić information content (AvgIpc) is 3.50. The minimum atomic E-state index is -0.547. The molecule has 0 radical (unpaired) electrons. The molecule has 0 unspecified atom stereocenters. The van der Waals surface area contributed by atoms with Crippen LogP contribution in [0.3, 0.4) is 0 Å². The van der Waals surface area contributed by atoms with E-state index >= 15 is 0 Å². The van der Waals surface area contributed by atoms with Gasteiger partial charge in [-0.25, -0.2) is 4.98 Å². The molecule has 0 aliphatic carbocycles. The summed E-state index contributed by atoms with van der Waals surface area (Å²) in [6.45, 7) is 7.32. The predicted molar refractivity (Wildman–Crippen MR) is 143 cm³/mol.